The van der Waals surface area contributed by atoms with Crippen LogP contribution in [0.15, 0.2) is 60.0 Å². The molecule has 0 aliphatic rings. The lowest BCUT2D eigenvalue weighted by molar-refractivity contribution is -0.201. The molecule has 35 heavy (non-hydrogen) atoms. The van der Waals surface area contributed by atoms with Crippen LogP contribution in [-0.4, -0.2) is 32.8 Å². The minimum atomic E-state index is -3.77. The summed E-state index contributed by atoms with van der Waals surface area (Å²) in [6.07, 6.45) is 4.54. The highest BCUT2D eigenvalue weighted by Crippen LogP contribution is 2.37. The SMILES string of the molecule is CC=CC.N#Cc1c(Cl)nc(SCc2cccnc2)c(C#N)c1-c1ccc(OC(F)(F)CO)cn1. The van der Waals surface area contributed by atoms with E-state index in [2.05, 4.69) is 19.7 Å². The quantitative estimate of drug-likeness (QED) is 0.239. The van der Waals surface area contributed by atoms with E-state index in [4.69, 9.17) is 16.7 Å². The Morgan fingerprint density at radius 2 is 1.86 bits per heavy atom. The largest absolute Gasteiger partial charge is 0.429 e. The number of pyridine rings is 3. The first-order valence-electron chi connectivity index (χ1n) is 10.1. The van der Waals surface area contributed by atoms with E-state index in [0.717, 1.165) is 11.8 Å². The smallest absolute Gasteiger partial charge is 0.421 e. The van der Waals surface area contributed by atoms with Gasteiger partial charge < -0.3 is 9.84 Å². The summed E-state index contributed by atoms with van der Waals surface area (Å²) >= 11 is 7.42. The van der Waals surface area contributed by atoms with Gasteiger partial charge in [-0.15, -0.1) is 11.8 Å². The Bertz CT molecular complexity index is 1240. The molecule has 3 rings (SSSR count). The van der Waals surface area contributed by atoms with Gasteiger partial charge in [0.1, 0.15) is 40.2 Å². The third-order valence-corrected chi connectivity index (χ3v) is 5.54. The van der Waals surface area contributed by atoms with Gasteiger partial charge >= 0.3 is 6.11 Å². The highest BCUT2D eigenvalue weighted by atomic mass is 35.5. The number of nitrogens with zero attached hydrogens (tertiary/aromatic N) is 5. The molecule has 180 valence electrons. The fourth-order valence-corrected chi connectivity index (χ4v) is 3.72. The monoisotopic (exact) mass is 515 g/mol. The van der Waals surface area contributed by atoms with Crippen molar-refractivity contribution < 1.29 is 18.6 Å². The predicted molar refractivity (Wildman–Crippen MR) is 129 cm³/mol. The maximum atomic E-state index is 13.2. The van der Waals surface area contributed by atoms with Crippen LogP contribution in [0.2, 0.25) is 5.15 Å². The second-order valence-electron chi connectivity index (χ2n) is 6.65. The first kappa shape index (κ1) is 27.7. The van der Waals surface area contributed by atoms with E-state index in [1.165, 1.54) is 23.9 Å². The zero-order valence-electron chi connectivity index (χ0n) is 18.7. The standard InChI is InChI=1S/C20H12ClF2N5O2S.C4H8/c21-18-14(6-24)17(16-4-3-13(9-27-16)30-20(22,23)11-29)15(7-25)19(28-18)31-10-12-2-1-5-26-8-12;1-3-4-2/h1-5,8-9,29H,10-11H2;3-4H,1-2H3. The fraction of sp³-hybridized carbons (Fsp3) is 0.208. The maximum absolute atomic E-state index is 13.2. The summed E-state index contributed by atoms with van der Waals surface area (Å²) in [6, 6.07) is 10.1. The van der Waals surface area contributed by atoms with Crippen LogP contribution in [0.3, 0.4) is 0 Å². The number of aliphatic hydroxyl groups excluding tert-OH is 1. The number of nitriles is 2. The molecule has 7 nitrogen and oxygen atoms in total. The molecule has 3 aromatic heterocycles. The summed E-state index contributed by atoms with van der Waals surface area (Å²) in [5.74, 6) is 0.152. The zero-order valence-corrected chi connectivity index (χ0v) is 20.3. The third-order valence-electron chi connectivity index (χ3n) is 4.22. The molecule has 0 atom stereocenters. The zero-order chi connectivity index (χ0) is 25.8. The Morgan fingerprint density at radius 3 is 2.37 bits per heavy atom. The Morgan fingerprint density at radius 1 is 1.14 bits per heavy atom. The van der Waals surface area contributed by atoms with Crippen molar-refractivity contribution in [1.82, 2.24) is 15.0 Å². The highest BCUT2D eigenvalue weighted by Gasteiger charge is 2.30. The molecule has 3 aromatic rings. The van der Waals surface area contributed by atoms with Gasteiger partial charge in [-0.05, 0) is 37.6 Å². The van der Waals surface area contributed by atoms with Gasteiger partial charge in [-0.2, -0.15) is 19.3 Å². The number of hydrogen-bond donors (Lipinski definition) is 1. The fourth-order valence-electron chi connectivity index (χ4n) is 2.53. The van der Waals surface area contributed by atoms with Crippen molar-refractivity contribution in [1.29, 1.82) is 10.5 Å². The molecule has 0 saturated carbocycles. The minimum Gasteiger partial charge on any atom is -0.429 e. The van der Waals surface area contributed by atoms with Crippen LogP contribution in [0, 0.1) is 22.7 Å². The van der Waals surface area contributed by atoms with Crippen molar-refractivity contribution in [3.05, 3.63) is 76.9 Å². The Labute approximate surface area is 210 Å². The van der Waals surface area contributed by atoms with Crippen LogP contribution in [0.4, 0.5) is 8.78 Å². The van der Waals surface area contributed by atoms with Crippen LogP contribution in [0.25, 0.3) is 11.3 Å². The molecule has 0 aliphatic heterocycles. The maximum Gasteiger partial charge on any atom is 0.421 e. The molecule has 0 bridgehead atoms. The predicted octanol–water partition coefficient (Wildman–Crippen LogP) is 5.77. The van der Waals surface area contributed by atoms with Gasteiger partial charge in [-0.25, -0.2) is 4.98 Å². The lowest BCUT2D eigenvalue weighted by Crippen LogP contribution is -2.29. The Kier molecular flexibility index (Phi) is 10.6. The molecule has 0 saturated heterocycles. The van der Waals surface area contributed by atoms with E-state index in [1.54, 1.807) is 18.5 Å². The van der Waals surface area contributed by atoms with E-state index in [9.17, 15) is 19.3 Å². The third kappa shape index (κ3) is 7.72. The van der Waals surface area contributed by atoms with E-state index in [-0.39, 0.29) is 33.3 Å². The number of ether oxygens (including phenoxy) is 1. The molecule has 0 radical (unpaired) electrons. The number of thioether (sulfide) groups is 1. The van der Waals surface area contributed by atoms with Crippen molar-refractivity contribution in [2.75, 3.05) is 6.61 Å². The summed E-state index contributed by atoms with van der Waals surface area (Å²) in [5, 5.41) is 28.1. The van der Waals surface area contributed by atoms with Crippen LogP contribution in [0.1, 0.15) is 30.5 Å². The second kappa shape index (κ2) is 13.4. The summed E-state index contributed by atoms with van der Waals surface area (Å²) in [7, 11) is 0. The number of alkyl halides is 2. The average Bonchev–Trinajstić information content (AvgIpc) is 2.88. The molecule has 0 aromatic carbocycles. The van der Waals surface area contributed by atoms with Gasteiger partial charge in [0.2, 0.25) is 0 Å². The Balaban J connectivity index is 0.00000100. The summed E-state index contributed by atoms with van der Waals surface area (Å²) in [4.78, 5) is 12.2. The Hall–Kier alpha value is -3.57. The molecular weight excluding hydrogens is 496 g/mol. The molecule has 11 heteroatoms. The highest BCUT2D eigenvalue weighted by molar-refractivity contribution is 7.98. The number of halogens is 3. The number of hydrogen-bond acceptors (Lipinski definition) is 8. The number of rotatable bonds is 7. The average molecular weight is 516 g/mol. The van der Waals surface area contributed by atoms with E-state index >= 15 is 0 Å². The van der Waals surface area contributed by atoms with Crippen molar-refractivity contribution in [2.45, 2.75) is 30.7 Å². The summed E-state index contributed by atoms with van der Waals surface area (Å²) in [5.41, 5.74) is 1.20. The van der Waals surface area contributed by atoms with Crippen molar-refractivity contribution >= 4 is 23.4 Å². The van der Waals surface area contributed by atoms with Crippen LogP contribution < -0.4 is 4.74 Å². The van der Waals surface area contributed by atoms with Crippen LogP contribution in [0.5, 0.6) is 5.75 Å². The van der Waals surface area contributed by atoms with Crippen LogP contribution in [-0.2, 0) is 5.75 Å². The van der Waals surface area contributed by atoms with Crippen molar-refractivity contribution in [3.63, 3.8) is 0 Å². The lowest BCUT2D eigenvalue weighted by Gasteiger charge is -2.15. The molecular formula is C24H20ClF2N5O2S. The van der Waals surface area contributed by atoms with Crippen molar-refractivity contribution in [2.24, 2.45) is 0 Å². The molecule has 0 amide bonds. The normalized spacial score (nSPS) is 10.7. The van der Waals surface area contributed by atoms with E-state index < -0.39 is 12.7 Å². The molecule has 0 unspecified atom stereocenters. The van der Waals surface area contributed by atoms with E-state index in [0.29, 0.717) is 10.8 Å². The van der Waals surface area contributed by atoms with E-state index in [1.807, 2.05) is 44.2 Å². The summed E-state index contributed by atoms with van der Waals surface area (Å²) < 4.78 is 30.8. The minimum absolute atomic E-state index is 0.0641. The van der Waals surface area contributed by atoms with Gasteiger partial charge in [-0.1, -0.05) is 29.8 Å². The molecule has 0 fully saturated rings. The first-order chi connectivity index (χ1) is 16.8. The van der Waals surface area contributed by atoms with Crippen molar-refractivity contribution in [3.8, 4) is 29.1 Å². The topological polar surface area (TPSA) is 116 Å². The molecule has 1 N–H and O–H groups in total. The second-order valence-corrected chi connectivity index (χ2v) is 7.97. The number of aliphatic hydroxyl groups is 1. The van der Waals surface area contributed by atoms with Gasteiger partial charge in [0.15, 0.2) is 0 Å². The van der Waals surface area contributed by atoms with Gasteiger partial charge in [0.25, 0.3) is 0 Å². The lowest BCUT2D eigenvalue weighted by atomic mass is 10.0. The summed E-state index contributed by atoms with van der Waals surface area (Å²) in [6.45, 7) is 2.50. The molecule has 0 spiro atoms. The van der Waals surface area contributed by atoms with Gasteiger partial charge in [0, 0.05) is 23.7 Å². The molecule has 3 heterocycles. The van der Waals surface area contributed by atoms with Gasteiger partial charge in [-0.3, -0.25) is 9.97 Å². The number of allylic oxidation sites excluding steroid dienone is 2. The molecule has 0 aliphatic carbocycles. The van der Waals surface area contributed by atoms with Gasteiger partial charge in [0.05, 0.1) is 17.5 Å². The van der Waals surface area contributed by atoms with Crippen LogP contribution >= 0.6 is 23.4 Å². The number of aromatic nitrogens is 3. The first-order valence-corrected chi connectivity index (χ1v) is 11.4.